The van der Waals surface area contributed by atoms with Gasteiger partial charge in [-0.3, -0.25) is 4.79 Å². The largest absolute Gasteiger partial charge is 0.416 e. The van der Waals surface area contributed by atoms with Crippen LogP contribution in [0.2, 0.25) is 0 Å². The minimum atomic E-state index is -0.0925. The van der Waals surface area contributed by atoms with Crippen molar-refractivity contribution >= 4 is 34.7 Å². The summed E-state index contributed by atoms with van der Waals surface area (Å²) in [6.45, 7) is 0. The minimum absolute atomic E-state index is 0.0534. The fourth-order valence-electron chi connectivity index (χ4n) is 4.66. The summed E-state index contributed by atoms with van der Waals surface area (Å²) >= 11 is 2.95. The van der Waals surface area contributed by atoms with Gasteiger partial charge >= 0.3 is 0 Å². The maximum absolute atomic E-state index is 13.2. The number of aromatic nitrogens is 2. The van der Waals surface area contributed by atoms with E-state index in [0.29, 0.717) is 17.5 Å². The summed E-state index contributed by atoms with van der Waals surface area (Å²) in [5.74, 6) is 1.62. The molecule has 5 rings (SSSR count). The van der Waals surface area contributed by atoms with Crippen LogP contribution in [0, 0.1) is 5.92 Å². The zero-order valence-electron chi connectivity index (χ0n) is 18.6. The first-order chi connectivity index (χ1) is 16.3. The van der Waals surface area contributed by atoms with Crippen LogP contribution in [0.15, 0.2) is 62.6 Å². The summed E-state index contributed by atoms with van der Waals surface area (Å²) < 4.78 is 5.82. The first-order valence-corrected chi connectivity index (χ1v) is 13.6. The van der Waals surface area contributed by atoms with Crippen LogP contribution >= 0.6 is 23.1 Å². The smallest absolute Gasteiger partial charge is 0.277 e. The van der Waals surface area contributed by atoms with Gasteiger partial charge in [0.1, 0.15) is 0 Å². The number of carbonyl (C=O) groups excluding carboxylic acids is 1. The molecule has 172 valence electrons. The zero-order chi connectivity index (χ0) is 22.5. The van der Waals surface area contributed by atoms with E-state index in [1.807, 2.05) is 29.6 Å². The Morgan fingerprint density at radius 2 is 1.94 bits per heavy atom. The fraction of sp³-hybridized carbons (Fsp3) is 0.440. The number of thioether (sulfide) groups is 1. The van der Waals surface area contributed by atoms with Gasteiger partial charge in [-0.15, -0.1) is 21.5 Å². The highest BCUT2D eigenvalue weighted by molar-refractivity contribution is 7.99. The fourth-order valence-corrected chi connectivity index (χ4v) is 6.01. The molecular weight excluding hydrogens is 452 g/mol. The molecule has 0 bridgehead atoms. The highest BCUT2D eigenvalue weighted by Crippen LogP contribution is 2.34. The number of aryl methyl sites for hydroxylation is 1. The van der Waals surface area contributed by atoms with Crippen molar-refractivity contribution in [1.29, 1.82) is 0 Å². The SMILES string of the molecule is O=C(CSc1nnc(CCC2CCCCC2)o1)N1N=C(c2cccs2)CC1c1ccccc1. The Morgan fingerprint density at radius 1 is 1.09 bits per heavy atom. The summed E-state index contributed by atoms with van der Waals surface area (Å²) in [7, 11) is 0. The average molecular weight is 481 g/mol. The van der Waals surface area contributed by atoms with Crippen molar-refractivity contribution in [3.05, 3.63) is 64.2 Å². The van der Waals surface area contributed by atoms with E-state index in [1.165, 1.54) is 43.9 Å². The number of amides is 1. The van der Waals surface area contributed by atoms with Gasteiger partial charge in [0.05, 0.1) is 22.4 Å². The Morgan fingerprint density at radius 3 is 2.73 bits per heavy atom. The van der Waals surface area contributed by atoms with Crippen LogP contribution < -0.4 is 0 Å². The molecule has 2 aliphatic rings. The minimum Gasteiger partial charge on any atom is -0.416 e. The van der Waals surface area contributed by atoms with E-state index in [2.05, 4.69) is 28.4 Å². The van der Waals surface area contributed by atoms with E-state index < -0.39 is 0 Å². The standard InChI is InChI=1S/C25H28N4O2S2/c30-24(17-33-25-27-26-23(31-25)14-13-18-8-3-1-4-9-18)29-21(19-10-5-2-6-11-19)16-20(28-29)22-12-7-15-32-22/h2,5-7,10-12,15,18,21H,1,3-4,8-9,13-14,16-17H2. The summed E-state index contributed by atoms with van der Waals surface area (Å²) in [6.07, 6.45) is 9.33. The van der Waals surface area contributed by atoms with Crippen LogP contribution in [-0.2, 0) is 11.2 Å². The number of hydrazone groups is 1. The van der Waals surface area contributed by atoms with Crippen LogP contribution in [0.1, 0.15) is 67.3 Å². The predicted octanol–water partition coefficient (Wildman–Crippen LogP) is 6.11. The molecule has 1 aliphatic heterocycles. The van der Waals surface area contributed by atoms with Gasteiger partial charge in [-0.05, 0) is 29.3 Å². The second kappa shape index (κ2) is 10.7. The van der Waals surface area contributed by atoms with Gasteiger partial charge in [0.25, 0.3) is 11.1 Å². The third-order valence-electron chi connectivity index (χ3n) is 6.41. The molecule has 3 aromatic rings. The Kier molecular flexibility index (Phi) is 7.21. The quantitative estimate of drug-likeness (QED) is 0.364. The molecule has 1 fully saturated rings. The Hall–Kier alpha value is -2.45. The lowest BCUT2D eigenvalue weighted by Gasteiger charge is -2.21. The molecular formula is C25H28N4O2S2. The molecule has 0 radical (unpaired) electrons. The molecule has 6 nitrogen and oxygen atoms in total. The van der Waals surface area contributed by atoms with E-state index in [1.54, 1.807) is 16.3 Å². The molecule has 33 heavy (non-hydrogen) atoms. The zero-order valence-corrected chi connectivity index (χ0v) is 20.2. The van der Waals surface area contributed by atoms with E-state index in [0.717, 1.165) is 34.9 Å². The summed E-state index contributed by atoms with van der Waals surface area (Å²) in [4.78, 5) is 14.3. The van der Waals surface area contributed by atoms with Gasteiger partial charge in [-0.1, -0.05) is 80.3 Å². The molecule has 1 amide bonds. The molecule has 1 aliphatic carbocycles. The lowest BCUT2D eigenvalue weighted by atomic mass is 9.86. The molecule has 3 heterocycles. The van der Waals surface area contributed by atoms with Gasteiger partial charge in [0.15, 0.2) is 0 Å². The van der Waals surface area contributed by atoms with E-state index >= 15 is 0 Å². The molecule has 0 saturated heterocycles. The topological polar surface area (TPSA) is 71.6 Å². The van der Waals surface area contributed by atoms with Crippen molar-refractivity contribution in [2.24, 2.45) is 11.0 Å². The van der Waals surface area contributed by atoms with Crippen molar-refractivity contribution in [2.75, 3.05) is 5.75 Å². The summed E-state index contributed by atoms with van der Waals surface area (Å²) in [5.41, 5.74) is 2.05. The number of rotatable bonds is 8. The lowest BCUT2D eigenvalue weighted by Crippen LogP contribution is -2.28. The van der Waals surface area contributed by atoms with Crippen LogP contribution in [0.3, 0.4) is 0 Å². The number of hydrogen-bond acceptors (Lipinski definition) is 7. The normalized spacial score (nSPS) is 19.1. The lowest BCUT2D eigenvalue weighted by molar-refractivity contribution is -0.130. The van der Waals surface area contributed by atoms with E-state index in [4.69, 9.17) is 9.52 Å². The number of carbonyl (C=O) groups is 1. The summed E-state index contributed by atoms with van der Waals surface area (Å²) in [5, 5.41) is 17.2. The van der Waals surface area contributed by atoms with Gasteiger partial charge < -0.3 is 4.42 Å². The Labute approximate surface area is 202 Å². The number of thiophene rings is 1. The third-order valence-corrected chi connectivity index (χ3v) is 8.14. The molecule has 1 atom stereocenters. The second-order valence-electron chi connectivity index (χ2n) is 8.69. The van der Waals surface area contributed by atoms with E-state index in [-0.39, 0.29) is 17.7 Å². The number of nitrogens with zero attached hydrogens (tertiary/aromatic N) is 4. The molecule has 2 aromatic heterocycles. The third kappa shape index (κ3) is 5.55. The molecule has 1 saturated carbocycles. The van der Waals surface area contributed by atoms with Gasteiger partial charge in [0, 0.05) is 12.8 Å². The van der Waals surface area contributed by atoms with Gasteiger partial charge in [-0.25, -0.2) is 5.01 Å². The Balaban J connectivity index is 1.21. The summed E-state index contributed by atoms with van der Waals surface area (Å²) in [6, 6.07) is 14.1. The molecule has 1 aromatic carbocycles. The van der Waals surface area contributed by atoms with E-state index in [9.17, 15) is 4.79 Å². The van der Waals surface area contributed by atoms with Gasteiger partial charge in [0.2, 0.25) is 5.89 Å². The van der Waals surface area contributed by atoms with Crippen molar-refractivity contribution in [1.82, 2.24) is 15.2 Å². The van der Waals surface area contributed by atoms with Crippen LogP contribution in [0.4, 0.5) is 0 Å². The molecule has 1 unspecified atom stereocenters. The maximum atomic E-state index is 13.2. The van der Waals surface area contributed by atoms with Crippen LogP contribution in [0.5, 0.6) is 0 Å². The van der Waals surface area contributed by atoms with Gasteiger partial charge in [-0.2, -0.15) is 5.10 Å². The van der Waals surface area contributed by atoms with Crippen LogP contribution in [0.25, 0.3) is 0 Å². The van der Waals surface area contributed by atoms with Crippen molar-refractivity contribution in [3.8, 4) is 0 Å². The van der Waals surface area contributed by atoms with Crippen molar-refractivity contribution in [2.45, 2.75) is 62.6 Å². The van der Waals surface area contributed by atoms with Crippen molar-refractivity contribution < 1.29 is 9.21 Å². The van der Waals surface area contributed by atoms with Crippen LogP contribution in [-0.4, -0.2) is 32.6 Å². The number of hydrogen-bond donors (Lipinski definition) is 0. The average Bonchev–Trinajstić information content (AvgIpc) is 3.63. The maximum Gasteiger partial charge on any atom is 0.277 e. The molecule has 0 N–H and O–H groups in total. The second-order valence-corrected chi connectivity index (χ2v) is 10.6. The molecule has 8 heteroatoms. The Bertz CT molecular complexity index is 1080. The highest BCUT2D eigenvalue weighted by Gasteiger charge is 2.33. The molecule has 0 spiro atoms. The first-order valence-electron chi connectivity index (χ1n) is 11.7. The first kappa shape index (κ1) is 22.3. The predicted molar refractivity (Wildman–Crippen MR) is 131 cm³/mol. The van der Waals surface area contributed by atoms with Crippen molar-refractivity contribution in [3.63, 3.8) is 0 Å². The highest BCUT2D eigenvalue weighted by atomic mass is 32.2. The monoisotopic (exact) mass is 480 g/mol. The number of benzene rings is 1.